The summed E-state index contributed by atoms with van der Waals surface area (Å²) in [6, 6.07) is 13.4. The molecule has 1 saturated heterocycles. The van der Waals surface area contributed by atoms with Crippen LogP contribution in [-0.4, -0.2) is 29.4 Å². The number of amides is 3. The number of nitrogens with zero attached hydrogens (tertiary/aromatic N) is 1. The number of halogens is 1. The first-order chi connectivity index (χ1) is 12.5. The van der Waals surface area contributed by atoms with Crippen LogP contribution in [0.15, 0.2) is 48.5 Å². The van der Waals surface area contributed by atoms with Crippen LogP contribution in [0.4, 0.5) is 4.79 Å². The lowest BCUT2D eigenvalue weighted by atomic mass is 10.1. The number of hydrogen-bond acceptors (Lipinski definition) is 4. The fraction of sp³-hybridized carbons (Fsp3) is 0.211. The van der Waals surface area contributed by atoms with Gasteiger partial charge in [0.05, 0.1) is 18.7 Å². The summed E-state index contributed by atoms with van der Waals surface area (Å²) in [5.41, 5.74) is 1.86. The average Bonchev–Trinajstić information content (AvgIpc) is 2.94. The average molecular weight is 373 g/mol. The van der Waals surface area contributed by atoms with Crippen LogP contribution in [0.5, 0.6) is 0 Å². The lowest BCUT2D eigenvalue weighted by Crippen LogP contribution is -2.30. The van der Waals surface area contributed by atoms with Crippen LogP contribution in [0.1, 0.15) is 34.5 Å². The van der Waals surface area contributed by atoms with Crippen LogP contribution in [0.25, 0.3) is 0 Å². The Morgan fingerprint density at radius 3 is 2.50 bits per heavy atom. The molecule has 1 heterocycles. The summed E-state index contributed by atoms with van der Waals surface area (Å²) < 4.78 is 5.46. The Morgan fingerprint density at radius 2 is 1.88 bits per heavy atom. The largest absolute Gasteiger partial charge is 0.454 e. The maximum Gasteiger partial charge on any atom is 0.338 e. The number of hydrogen-bond donors (Lipinski definition) is 1. The molecule has 3 rings (SSSR count). The van der Waals surface area contributed by atoms with Crippen LogP contribution < -0.4 is 5.32 Å². The first-order valence-corrected chi connectivity index (χ1v) is 8.46. The number of carbonyl (C=O) groups excluding carboxylic acids is 3. The highest BCUT2D eigenvalue weighted by molar-refractivity contribution is 6.31. The number of esters is 1. The molecular formula is C19H17ClN2O4. The molecule has 0 spiro atoms. The number of ether oxygens (including phenoxy) is 1. The number of benzene rings is 2. The molecule has 0 bridgehead atoms. The van der Waals surface area contributed by atoms with Gasteiger partial charge in [-0.15, -0.1) is 0 Å². The van der Waals surface area contributed by atoms with Gasteiger partial charge in [0.15, 0.2) is 0 Å². The molecule has 1 aliphatic heterocycles. The van der Waals surface area contributed by atoms with Crippen molar-refractivity contribution in [3.05, 3.63) is 70.2 Å². The summed E-state index contributed by atoms with van der Waals surface area (Å²) in [6.45, 7) is 1.93. The van der Waals surface area contributed by atoms with E-state index in [0.717, 1.165) is 16.0 Å². The van der Waals surface area contributed by atoms with E-state index in [4.69, 9.17) is 16.3 Å². The molecule has 1 aliphatic rings. The van der Waals surface area contributed by atoms with Crippen molar-refractivity contribution < 1.29 is 19.1 Å². The molecule has 2 aromatic rings. The van der Waals surface area contributed by atoms with Gasteiger partial charge in [-0.1, -0.05) is 41.9 Å². The molecule has 26 heavy (non-hydrogen) atoms. The normalized spacial score (nSPS) is 14.9. The number of urea groups is 1. The monoisotopic (exact) mass is 372 g/mol. The molecule has 0 radical (unpaired) electrons. The van der Waals surface area contributed by atoms with Crippen molar-refractivity contribution in [2.24, 2.45) is 0 Å². The van der Waals surface area contributed by atoms with Crippen molar-refractivity contribution in [1.82, 2.24) is 10.2 Å². The van der Waals surface area contributed by atoms with Crippen LogP contribution in [0.2, 0.25) is 5.02 Å². The zero-order valence-electron chi connectivity index (χ0n) is 14.1. The Morgan fingerprint density at radius 1 is 1.19 bits per heavy atom. The van der Waals surface area contributed by atoms with Gasteiger partial charge < -0.3 is 10.1 Å². The van der Waals surface area contributed by atoms with Crippen LogP contribution in [-0.2, 0) is 16.1 Å². The van der Waals surface area contributed by atoms with Gasteiger partial charge in [-0.3, -0.25) is 9.69 Å². The zero-order valence-corrected chi connectivity index (χ0v) is 14.8. The maximum absolute atomic E-state index is 12.3. The van der Waals surface area contributed by atoms with Gasteiger partial charge in [-0.25, -0.2) is 9.59 Å². The van der Waals surface area contributed by atoms with Crippen molar-refractivity contribution in [2.45, 2.75) is 19.6 Å². The van der Waals surface area contributed by atoms with Crippen LogP contribution in [0, 0.1) is 0 Å². The maximum atomic E-state index is 12.3. The molecule has 6 nitrogen and oxygen atoms in total. The van der Waals surface area contributed by atoms with E-state index in [-0.39, 0.29) is 19.0 Å². The molecule has 0 unspecified atom stereocenters. The molecule has 3 amide bonds. The van der Waals surface area contributed by atoms with E-state index in [1.165, 1.54) is 0 Å². The summed E-state index contributed by atoms with van der Waals surface area (Å²) in [6.07, 6.45) is -0.484. The molecule has 0 aliphatic carbocycles. The Balaban J connectivity index is 1.64. The summed E-state index contributed by atoms with van der Waals surface area (Å²) in [4.78, 5) is 36.6. The molecule has 1 atom stereocenters. The van der Waals surface area contributed by atoms with Gasteiger partial charge in [0.25, 0.3) is 0 Å². The predicted molar refractivity (Wildman–Crippen MR) is 95.7 cm³/mol. The molecule has 7 heteroatoms. The summed E-state index contributed by atoms with van der Waals surface area (Å²) in [5, 5.41) is 3.00. The second-order valence-electron chi connectivity index (χ2n) is 5.90. The third-order valence-electron chi connectivity index (χ3n) is 4.09. The summed E-state index contributed by atoms with van der Waals surface area (Å²) in [5.74, 6) is -0.744. The minimum Gasteiger partial charge on any atom is -0.454 e. The van der Waals surface area contributed by atoms with Crippen molar-refractivity contribution in [1.29, 1.82) is 0 Å². The highest BCUT2D eigenvalue weighted by Crippen LogP contribution is 2.26. The first kappa shape index (κ1) is 17.9. The standard InChI is InChI=1S/C19H17ClN2O4/c1-12(15-4-2-3-5-16(15)20)26-18(24)14-8-6-13(7-9-14)11-22-17(23)10-21-19(22)25/h2-9,12H,10-11H2,1H3,(H,21,25)/t12-/m0/s1. The topological polar surface area (TPSA) is 75.7 Å². The molecule has 1 N–H and O–H groups in total. The Kier molecular flexibility index (Phi) is 5.23. The molecule has 2 aromatic carbocycles. The van der Waals surface area contributed by atoms with E-state index in [9.17, 15) is 14.4 Å². The van der Waals surface area contributed by atoms with E-state index < -0.39 is 18.1 Å². The number of carbonyl (C=O) groups is 3. The van der Waals surface area contributed by atoms with E-state index >= 15 is 0 Å². The third kappa shape index (κ3) is 3.86. The molecular weight excluding hydrogens is 356 g/mol. The fourth-order valence-corrected chi connectivity index (χ4v) is 2.93. The van der Waals surface area contributed by atoms with Crippen LogP contribution >= 0.6 is 11.6 Å². The van der Waals surface area contributed by atoms with E-state index in [2.05, 4.69) is 5.32 Å². The minimum atomic E-state index is -0.484. The Bertz CT molecular complexity index is 835. The van der Waals surface area contributed by atoms with Crippen molar-refractivity contribution in [3.8, 4) is 0 Å². The zero-order chi connectivity index (χ0) is 18.7. The summed E-state index contributed by atoms with van der Waals surface area (Å²) in [7, 11) is 0. The predicted octanol–water partition coefficient (Wildman–Crippen LogP) is 3.31. The smallest absolute Gasteiger partial charge is 0.338 e. The lowest BCUT2D eigenvalue weighted by molar-refractivity contribution is -0.125. The van der Waals surface area contributed by atoms with Gasteiger partial charge in [0, 0.05) is 10.6 Å². The SMILES string of the molecule is C[C@H](OC(=O)c1ccc(CN2C(=O)CNC2=O)cc1)c1ccccc1Cl. The van der Waals surface area contributed by atoms with Crippen molar-refractivity contribution >= 4 is 29.5 Å². The van der Waals surface area contributed by atoms with E-state index in [1.54, 1.807) is 37.3 Å². The number of nitrogens with one attached hydrogen (secondary N) is 1. The second-order valence-corrected chi connectivity index (χ2v) is 6.31. The van der Waals surface area contributed by atoms with Gasteiger partial charge in [0.1, 0.15) is 6.10 Å². The highest BCUT2D eigenvalue weighted by atomic mass is 35.5. The molecule has 0 saturated carbocycles. The number of imide groups is 1. The molecule has 134 valence electrons. The van der Waals surface area contributed by atoms with Gasteiger partial charge in [-0.2, -0.15) is 0 Å². The van der Waals surface area contributed by atoms with E-state index in [0.29, 0.717) is 10.6 Å². The number of rotatable bonds is 5. The summed E-state index contributed by atoms with van der Waals surface area (Å²) >= 11 is 6.12. The van der Waals surface area contributed by atoms with Gasteiger partial charge >= 0.3 is 12.0 Å². The van der Waals surface area contributed by atoms with Gasteiger partial charge in [-0.05, 0) is 30.7 Å². The fourth-order valence-electron chi connectivity index (χ4n) is 2.64. The molecule has 0 aromatic heterocycles. The first-order valence-electron chi connectivity index (χ1n) is 8.08. The lowest BCUT2D eigenvalue weighted by Gasteiger charge is -2.15. The Labute approximate surface area is 155 Å². The Hall–Kier alpha value is -2.86. The highest BCUT2D eigenvalue weighted by Gasteiger charge is 2.28. The van der Waals surface area contributed by atoms with Crippen molar-refractivity contribution in [3.63, 3.8) is 0 Å². The third-order valence-corrected chi connectivity index (χ3v) is 4.44. The minimum absolute atomic E-state index is 0.0170. The van der Waals surface area contributed by atoms with Gasteiger partial charge in [0.2, 0.25) is 5.91 Å². The quantitative estimate of drug-likeness (QED) is 0.645. The van der Waals surface area contributed by atoms with E-state index in [1.807, 2.05) is 18.2 Å². The second kappa shape index (κ2) is 7.58. The van der Waals surface area contributed by atoms with Crippen LogP contribution in [0.3, 0.4) is 0 Å². The van der Waals surface area contributed by atoms with Crippen molar-refractivity contribution in [2.75, 3.05) is 6.54 Å². The molecule has 1 fully saturated rings.